The Bertz CT molecular complexity index is 1300. The molecule has 1 atom stereocenters. The lowest BCUT2D eigenvalue weighted by atomic mass is 9.76. The molecular weight excluding hydrogens is 442 g/mol. The van der Waals surface area contributed by atoms with Crippen molar-refractivity contribution in [2.75, 3.05) is 5.32 Å². The molecule has 7 heteroatoms. The second kappa shape index (κ2) is 8.60. The number of rotatable bonds is 4. The zero-order valence-corrected chi connectivity index (χ0v) is 19.1. The zero-order chi connectivity index (χ0) is 22.2. The van der Waals surface area contributed by atoms with E-state index in [1.54, 1.807) is 0 Å². The third kappa shape index (κ3) is 3.89. The van der Waals surface area contributed by atoms with E-state index in [1.165, 1.54) is 11.8 Å². The summed E-state index contributed by atoms with van der Waals surface area (Å²) in [5.74, 6) is 0.823. The maximum Gasteiger partial charge on any atom is 0.257 e. The topological polar surface area (TPSA) is 74.8 Å². The Balaban J connectivity index is 1.56. The normalized spacial score (nSPS) is 17.6. The molecule has 0 bridgehead atoms. The Kier molecular flexibility index (Phi) is 5.66. The number of ketones is 1. The quantitative estimate of drug-likeness (QED) is 0.389. The molecule has 32 heavy (non-hydrogen) atoms. The highest BCUT2D eigenvalue weighted by molar-refractivity contribution is 7.98. The van der Waals surface area contributed by atoms with Crippen LogP contribution in [-0.2, 0) is 10.5 Å². The molecule has 2 aliphatic rings. The molecule has 1 aliphatic heterocycles. The molecule has 5 rings (SSSR count). The van der Waals surface area contributed by atoms with E-state index < -0.39 is 5.92 Å². The van der Waals surface area contributed by atoms with Gasteiger partial charge in [0.2, 0.25) is 0 Å². The Hall–Kier alpha value is -2.83. The number of Topliss-reactive ketones (excluding diaryl/α,β-unsaturated/α-hetero) is 1. The average molecular weight is 464 g/mol. The van der Waals surface area contributed by atoms with Crippen LogP contribution in [0.3, 0.4) is 0 Å². The molecule has 2 N–H and O–H groups in total. The fraction of sp³-hybridized carbons (Fsp3) is 0.240. The minimum Gasteiger partial charge on any atom is -0.343 e. The van der Waals surface area contributed by atoms with Crippen LogP contribution in [0.5, 0.6) is 0 Å². The van der Waals surface area contributed by atoms with E-state index in [0.29, 0.717) is 39.3 Å². The van der Waals surface area contributed by atoms with Crippen LogP contribution in [0.2, 0.25) is 5.02 Å². The monoisotopic (exact) mass is 463 g/mol. The van der Waals surface area contributed by atoms with Crippen molar-refractivity contribution in [1.82, 2.24) is 9.97 Å². The standard InChI is InChI=1S/C25H22ClN3O2S/c1-14-9-11-15(12-10-14)20-21-18(7-4-8-19(21)30)27-23-22(20)24(31)29-25(28-23)32-13-16-5-2-3-6-17(16)26/h2-3,5-6,9-12,20H,4,7-8,13H2,1H3,(H2,27,28,29,31). The highest BCUT2D eigenvalue weighted by atomic mass is 35.5. The van der Waals surface area contributed by atoms with Gasteiger partial charge in [-0.05, 0) is 37.0 Å². The molecule has 2 heterocycles. The van der Waals surface area contributed by atoms with Gasteiger partial charge in [0.25, 0.3) is 5.56 Å². The lowest BCUT2D eigenvalue weighted by Crippen LogP contribution is -2.32. The first-order chi connectivity index (χ1) is 15.5. The molecule has 0 saturated heterocycles. The lowest BCUT2D eigenvalue weighted by Gasteiger charge is -2.32. The van der Waals surface area contributed by atoms with Crippen molar-refractivity contribution in [2.24, 2.45) is 0 Å². The van der Waals surface area contributed by atoms with E-state index in [4.69, 9.17) is 16.6 Å². The van der Waals surface area contributed by atoms with E-state index in [2.05, 4.69) is 10.3 Å². The van der Waals surface area contributed by atoms with Crippen molar-refractivity contribution in [3.05, 3.63) is 97.4 Å². The third-order valence-corrected chi connectivity index (χ3v) is 7.26. The van der Waals surface area contributed by atoms with Crippen molar-refractivity contribution >= 4 is 35.0 Å². The van der Waals surface area contributed by atoms with Crippen molar-refractivity contribution in [1.29, 1.82) is 0 Å². The Morgan fingerprint density at radius 2 is 1.88 bits per heavy atom. The predicted octanol–water partition coefficient (Wildman–Crippen LogP) is 5.59. The number of carbonyl (C=O) groups excluding carboxylic acids is 1. The number of benzene rings is 2. The average Bonchev–Trinajstić information content (AvgIpc) is 2.78. The van der Waals surface area contributed by atoms with Crippen molar-refractivity contribution in [2.45, 2.75) is 43.0 Å². The van der Waals surface area contributed by atoms with Gasteiger partial charge in [0.1, 0.15) is 5.82 Å². The Labute approximate surface area is 195 Å². The number of allylic oxidation sites excluding steroid dienone is 2. The molecule has 5 nitrogen and oxygen atoms in total. The number of H-pyrrole nitrogens is 1. The number of nitrogens with zero attached hydrogens (tertiary/aromatic N) is 1. The van der Waals surface area contributed by atoms with E-state index in [9.17, 15) is 9.59 Å². The molecule has 0 fully saturated rings. The lowest BCUT2D eigenvalue weighted by molar-refractivity contribution is -0.116. The summed E-state index contributed by atoms with van der Waals surface area (Å²) in [4.78, 5) is 33.9. The number of carbonyl (C=O) groups is 1. The van der Waals surface area contributed by atoms with Crippen LogP contribution in [-0.4, -0.2) is 15.8 Å². The van der Waals surface area contributed by atoms with Gasteiger partial charge in [-0.3, -0.25) is 9.59 Å². The van der Waals surface area contributed by atoms with E-state index in [1.807, 2.05) is 55.5 Å². The fourth-order valence-corrected chi connectivity index (χ4v) is 5.51. The summed E-state index contributed by atoms with van der Waals surface area (Å²) in [6.45, 7) is 2.02. The van der Waals surface area contributed by atoms with Crippen LogP contribution in [0.1, 0.15) is 47.4 Å². The number of aromatic amines is 1. The summed E-state index contributed by atoms with van der Waals surface area (Å²) < 4.78 is 0. The highest BCUT2D eigenvalue weighted by Gasteiger charge is 2.37. The van der Waals surface area contributed by atoms with Crippen molar-refractivity contribution < 1.29 is 4.79 Å². The molecule has 0 saturated carbocycles. The smallest absolute Gasteiger partial charge is 0.257 e. The van der Waals surface area contributed by atoms with Gasteiger partial charge >= 0.3 is 0 Å². The van der Waals surface area contributed by atoms with Gasteiger partial charge in [-0.2, -0.15) is 0 Å². The molecule has 162 valence electrons. The first kappa shape index (κ1) is 21.0. The number of nitrogens with one attached hydrogen (secondary N) is 2. The third-order valence-electron chi connectivity index (χ3n) is 5.97. The van der Waals surface area contributed by atoms with Crippen LogP contribution in [0, 0.1) is 6.92 Å². The molecule has 1 aromatic heterocycles. The number of halogens is 1. The number of fused-ring (bicyclic) bond motifs is 1. The molecule has 0 amide bonds. The summed E-state index contributed by atoms with van der Waals surface area (Å²) in [6, 6.07) is 15.7. The van der Waals surface area contributed by atoms with Crippen LogP contribution < -0.4 is 10.9 Å². The molecular formula is C25H22ClN3O2S. The molecule has 2 aromatic carbocycles. The van der Waals surface area contributed by atoms with Gasteiger partial charge in [0.05, 0.1) is 5.56 Å². The predicted molar refractivity (Wildman–Crippen MR) is 128 cm³/mol. The fourth-order valence-electron chi connectivity index (χ4n) is 4.36. The molecule has 0 radical (unpaired) electrons. The van der Waals surface area contributed by atoms with Gasteiger partial charge in [-0.1, -0.05) is 71.4 Å². The maximum atomic E-state index is 13.3. The van der Waals surface area contributed by atoms with Gasteiger partial charge in [-0.25, -0.2) is 4.98 Å². The number of thioether (sulfide) groups is 1. The largest absolute Gasteiger partial charge is 0.343 e. The van der Waals surface area contributed by atoms with Crippen LogP contribution >= 0.6 is 23.4 Å². The van der Waals surface area contributed by atoms with Crippen LogP contribution in [0.25, 0.3) is 0 Å². The SMILES string of the molecule is Cc1ccc(C2C3=C(CCCC3=O)Nc3nc(SCc4ccccc4Cl)[nH]c(=O)c32)cc1. The van der Waals surface area contributed by atoms with Gasteiger partial charge in [-0.15, -0.1) is 0 Å². The van der Waals surface area contributed by atoms with Crippen LogP contribution in [0.4, 0.5) is 5.82 Å². The van der Waals surface area contributed by atoms with E-state index in [0.717, 1.165) is 35.2 Å². The highest BCUT2D eigenvalue weighted by Crippen LogP contribution is 2.43. The first-order valence-electron chi connectivity index (χ1n) is 10.6. The van der Waals surface area contributed by atoms with E-state index in [-0.39, 0.29) is 11.3 Å². The van der Waals surface area contributed by atoms with E-state index >= 15 is 0 Å². The molecule has 0 spiro atoms. The number of hydrogen-bond acceptors (Lipinski definition) is 5. The van der Waals surface area contributed by atoms with Gasteiger partial charge in [0.15, 0.2) is 10.9 Å². The van der Waals surface area contributed by atoms with Gasteiger partial charge < -0.3 is 10.3 Å². The van der Waals surface area contributed by atoms with Crippen molar-refractivity contribution in [3.63, 3.8) is 0 Å². The minimum absolute atomic E-state index is 0.103. The van der Waals surface area contributed by atoms with Gasteiger partial charge in [0, 0.05) is 34.4 Å². The second-order valence-electron chi connectivity index (χ2n) is 8.15. The minimum atomic E-state index is -0.409. The summed E-state index contributed by atoms with van der Waals surface area (Å²) >= 11 is 7.70. The summed E-state index contributed by atoms with van der Waals surface area (Å²) in [5, 5.41) is 4.53. The summed E-state index contributed by atoms with van der Waals surface area (Å²) in [6.07, 6.45) is 2.09. The van der Waals surface area contributed by atoms with Crippen LogP contribution in [0.15, 0.2) is 69.8 Å². The number of aromatic nitrogens is 2. The summed E-state index contributed by atoms with van der Waals surface area (Å²) in [7, 11) is 0. The summed E-state index contributed by atoms with van der Waals surface area (Å²) in [5.41, 5.74) is 4.92. The Morgan fingerprint density at radius 1 is 1.09 bits per heavy atom. The number of hydrogen-bond donors (Lipinski definition) is 2. The molecule has 3 aromatic rings. The zero-order valence-electron chi connectivity index (χ0n) is 17.6. The number of aryl methyl sites for hydroxylation is 1. The molecule has 1 unspecified atom stereocenters. The maximum absolute atomic E-state index is 13.3. The van der Waals surface area contributed by atoms with Crippen molar-refractivity contribution in [3.8, 4) is 0 Å². The number of anilines is 1. The second-order valence-corrected chi connectivity index (χ2v) is 9.52. The molecule has 1 aliphatic carbocycles. The first-order valence-corrected chi connectivity index (χ1v) is 12.0. The Morgan fingerprint density at radius 3 is 2.66 bits per heavy atom.